The number of rotatable bonds is 5. The van der Waals surface area contributed by atoms with Crippen molar-refractivity contribution in [1.29, 1.82) is 0 Å². The van der Waals surface area contributed by atoms with Gasteiger partial charge >= 0.3 is 0 Å². The Bertz CT molecular complexity index is 715. The smallest absolute Gasteiger partial charge is 0.223 e. The second kappa shape index (κ2) is 7.83. The third kappa shape index (κ3) is 5.01. The maximum absolute atomic E-state index is 13.1. The summed E-state index contributed by atoms with van der Waals surface area (Å²) in [5.41, 5.74) is 0.873. The van der Waals surface area contributed by atoms with Crippen molar-refractivity contribution < 1.29 is 17.6 Å². The summed E-state index contributed by atoms with van der Waals surface area (Å²) in [6.07, 6.45) is 2.86. The summed E-state index contributed by atoms with van der Waals surface area (Å²) in [7, 11) is -2.86. The van der Waals surface area contributed by atoms with Crippen LogP contribution < -0.4 is 5.32 Å². The summed E-state index contributed by atoms with van der Waals surface area (Å²) in [6, 6.07) is 6.54. The molecule has 1 atom stereocenters. The van der Waals surface area contributed by atoms with Gasteiger partial charge in [-0.05, 0) is 56.5 Å². The molecule has 2 fully saturated rings. The molecule has 0 saturated carbocycles. The molecule has 2 heterocycles. The van der Waals surface area contributed by atoms with Crippen molar-refractivity contribution in [2.45, 2.75) is 31.7 Å². The van der Waals surface area contributed by atoms with Crippen LogP contribution in [0.3, 0.4) is 0 Å². The quantitative estimate of drug-likeness (QED) is 0.853. The van der Waals surface area contributed by atoms with Gasteiger partial charge in [-0.2, -0.15) is 0 Å². The topological polar surface area (TPSA) is 66.5 Å². The molecular formula is C18H25FN2O3S. The largest absolute Gasteiger partial charge is 0.356 e. The van der Waals surface area contributed by atoms with Gasteiger partial charge in [0.1, 0.15) is 5.82 Å². The van der Waals surface area contributed by atoms with E-state index >= 15 is 0 Å². The minimum atomic E-state index is -2.86. The summed E-state index contributed by atoms with van der Waals surface area (Å²) in [4.78, 5) is 14.5. The Hall–Kier alpha value is -1.47. The van der Waals surface area contributed by atoms with E-state index in [2.05, 4.69) is 10.2 Å². The Morgan fingerprint density at radius 3 is 2.64 bits per heavy atom. The Labute approximate surface area is 148 Å². The summed E-state index contributed by atoms with van der Waals surface area (Å²) in [6.45, 7) is 2.06. The van der Waals surface area contributed by atoms with Gasteiger partial charge in [-0.15, -0.1) is 0 Å². The molecule has 25 heavy (non-hydrogen) atoms. The van der Waals surface area contributed by atoms with Crippen LogP contribution in [0.15, 0.2) is 24.3 Å². The van der Waals surface area contributed by atoms with E-state index in [1.807, 2.05) is 6.07 Å². The number of piperidine rings is 1. The minimum Gasteiger partial charge on any atom is -0.356 e. The zero-order valence-corrected chi connectivity index (χ0v) is 15.1. The average Bonchev–Trinajstić information content (AvgIpc) is 2.95. The molecule has 1 aromatic rings. The second-order valence-corrected chi connectivity index (χ2v) is 9.27. The molecule has 0 aliphatic carbocycles. The van der Waals surface area contributed by atoms with Crippen molar-refractivity contribution in [1.82, 2.24) is 10.2 Å². The van der Waals surface area contributed by atoms with Gasteiger partial charge in [-0.25, -0.2) is 12.8 Å². The summed E-state index contributed by atoms with van der Waals surface area (Å²) in [5.74, 6) is 0.331. The number of halogens is 1. The molecule has 0 bridgehead atoms. The predicted octanol–water partition coefficient (Wildman–Crippen LogP) is 1.38. The van der Waals surface area contributed by atoms with Gasteiger partial charge in [0.05, 0.1) is 11.5 Å². The fourth-order valence-electron chi connectivity index (χ4n) is 3.76. The molecule has 5 nitrogen and oxygen atoms in total. The number of nitrogens with zero attached hydrogens (tertiary/aromatic N) is 1. The molecule has 2 aliphatic heterocycles. The van der Waals surface area contributed by atoms with Gasteiger partial charge in [-0.1, -0.05) is 12.1 Å². The Morgan fingerprint density at radius 2 is 2.00 bits per heavy atom. The number of amides is 1. The van der Waals surface area contributed by atoms with Gasteiger partial charge < -0.3 is 5.32 Å². The molecule has 0 spiro atoms. The van der Waals surface area contributed by atoms with Gasteiger partial charge in [0.25, 0.3) is 0 Å². The lowest BCUT2D eigenvalue weighted by atomic mass is 9.94. The van der Waals surface area contributed by atoms with Crippen LogP contribution in [0.1, 0.15) is 24.8 Å². The Balaban J connectivity index is 1.40. The molecule has 0 unspecified atom stereocenters. The van der Waals surface area contributed by atoms with Crippen LogP contribution in [-0.4, -0.2) is 56.4 Å². The predicted molar refractivity (Wildman–Crippen MR) is 94.5 cm³/mol. The first kappa shape index (κ1) is 18.3. The van der Waals surface area contributed by atoms with Crippen LogP contribution in [0.25, 0.3) is 0 Å². The summed E-state index contributed by atoms with van der Waals surface area (Å²) < 4.78 is 36.3. The zero-order valence-electron chi connectivity index (χ0n) is 14.3. The monoisotopic (exact) mass is 368 g/mol. The third-order valence-electron chi connectivity index (χ3n) is 5.23. The van der Waals surface area contributed by atoms with Crippen molar-refractivity contribution in [2.24, 2.45) is 5.92 Å². The van der Waals surface area contributed by atoms with Crippen LogP contribution in [0.5, 0.6) is 0 Å². The van der Waals surface area contributed by atoms with E-state index < -0.39 is 9.84 Å². The SMILES string of the molecule is O=C(NCCc1cccc(F)c1)C1CCN([C@H]2CCS(=O)(=O)C2)CC1. The van der Waals surface area contributed by atoms with Crippen molar-refractivity contribution in [3.05, 3.63) is 35.6 Å². The molecule has 7 heteroatoms. The van der Waals surface area contributed by atoms with Crippen molar-refractivity contribution in [2.75, 3.05) is 31.1 Å². The number of likely N-dealkylation sites (tertiary alicyclic amines) is 1. The molecule has 0 radical (unpaired) electrons. The number of carbonyl (C=O) groups is 1. The van der Waals surface area contributed by atoms with Gasteiger partial charge in [0.15, 0.2) is 9.84 Å². The van der Waals surface area contributed by atoms with E-state index in [0.717, 1.165) is 31.5 Å². The van der Waals surface area contributed by atoms with E-state index in [-0.39, 0.29) is 35.2 Å². The Kier molecular flexibility index (Phi) is 5.74. The summed E-state index contributed by atoms with van der Waals surface area (Å²) in [5, 5.41) is 2.94. The van der Waals surface area contributed by atoms with Gasteiger partial charge in [0, 0.05) is 18.5 Å². The lowest BCUT2D eigenvalue weighted by molar-refractivity contribution is -0.126. The third-order valence-corrected chi connectivity index (χ3v) is 6.98. The van der Waals surface area contributed by atoms with E-state index in [4.69, 9.17) is 0 Å². The highest BCUT2D eigenvalue weighted by Gasteiger charge is 2.35. The molecule has 138 valence electrons. The van der Waals surface area contributed by atoms with Crippen LogP contribution >= 0.6 is 0 Å². The zero-order chi connectivity index (χ0) is 17.9. The number of hydrogen-bond acceptors (Lipinski definition) is 4. The normalized spacial score (nSPS) is 24.3. The van der Waals surface area contributed by atoms with Crippen LogP contribution in [-0.2, 0) is 21.1 Å². The van der Waals surface area contributed by atoms with E-state index in [0.29, 0.717) is 19.4 Å². The summed E-state index contributed by atoms with van der Waals surface area (Å²) >= 11 is 0. The van der Waals surface area contributed by atoms with Crippen molar-refractivity contribution >= 4 is 15.7 Å². The van der Waals surface area contributed by atoms with Crippen LogP contribution in [0.2, 0.25) is 0 Å². The van der Waals surface area contributed by atoms with E-state index in [1.165, 1.54) is 12.1 Å². The molecular weight excluding hydrogens is 343 g/mol. The Morgan fingerprint density at radius 1 is 1.24 bits per heavy atom. The highest BCUT2D eigenvalue weighted by molar-refractivity contribution is 7.91. The molecule has 3 rings (SSSR count). The van der Waals surface area contributed by atoms with Crippen LogP contribution in [0.4, 0.5) is 4.39 Å². The average molecular weight is 368 g/mol. The minimum absolute atomic E-state index is 0.0123. The molecule has 1 amide bonds. The molecule has 2 saturated heterocycles. The first-order chi connectivity index (χ1) is 11.9. The fourth-order valence-corrected chi connectivity index (χ4v) is 5.52. The molecule has 1 aromatic carbocycles. The number of hydrogen-bond donors (Lipinski definition) is 1. The molecule has 0 aromatic heterocycles. The lowest BCUT2D eigenvalue weighted by Gasteiger charge is -2.34. The van der Waals surface area contributed by atoms with Gasteiger partial charge in [0.2, 0.25) is 5.91 Å². The first-order valence-electron chi connectivity index (χ1n) is 8.89. The van der Waals surface area contributed by atoms with Gasteiger partial charge in [-0.3, -0.25) is 9.69 Å². The number of carbonyl (C=O) groups excluding carboxylic acids is 1. The highest BCUT2D eigenvalue weighted by atomic mass is 32.2. The van der Waals surface area contributed by atoms with E-state index in [9.17, 15) is 17.6 Å². The second-order valence-electron chi connectivity index (χ2n) is 7.04. The highest BCUT2D eigenvalue weighted by Crippen LogP contribution is 2.24. The number of sulfone groups is 1. The van der Waals surface area contributed by atoms with Crippen LogP contribution in [0, 0.1) is 11.7 Å². The maximum atomic E-state index is 13.1. The standard InChI is InChI=1S/C18H25FN2O3S/c19-16-3-1-2-14(12-16)4-8-20-18(22)15-5-9-21(10-6-15)17-7-11-25(23,24)13-17/h1-3,12,15,17H,4-11,13H2,(H,20,22)/t17-/m0/s1. The number of benzene rings is 1. The molecule has 2 aliphatic rings. The first-order valence-corrected chi connectivity index (χ1v) is 10.7. The van der Waals surface area contributed by atoms with Crippen molar-refractivity contribution in [3.8, 4) is 0 Å². The number of nitrogens with one attached hydrogen (secondary N) is 1. The van der Waals surface area contributed by atoms with E-state index in [1.54, 1.807) is 6.07 Å². The maximum Gasteiger partial charge on any atom is 0.223 e. The lowest BCUT2D eigenvalue weighted by Crippen LogP contribution is -2.45. The van der Waals surface area contributed by atoms with Crippen molar-refractivity contribution in [3.63, 3.8) is 0 Å². The fraction of sp³-hybridized carbons (Fsp3) is 0.611. The molecule has 1 N–H and O–H groups in total.